The minimum absolute atomic E-state index is 0.371. The fourth-order valence-electron chi connectivity index (χ4n) is 2.12. The Balaban J connectivity index is 2.29. The Morgan fingerprint density at radius 3 is 2.31 bits per heavy atom. The Bertz CT molecular complexity index is 462. The first-order valence-electron chi connectivity index (χ1n) is 5.49. The van der Waals surface area contributed by atoms with Crippen LogP contribution < -0.4 is 0 Å². The molecule has 1 saturated carbocycles. The number of hydrogen-bond donors (Lipinski definition) is 1. The van der Waals surface area contributed by atoms with Gasteiger partial charge in [0.15, 0.2) is 9.84 Å². The highest BCUT2D eigenvalue weighted by Crippen LogP contribution is 2.29. The molecular weight excluding hydrogens is 224 g/mol. The molecule has 0 aromatic heterocycles. The van der Waals surface area contributed by atoms with Crippen LogP contribution in [-0.4, -0.2) is 24.9 Å². The number of aliphatic hydroxyl groups excluding tert-OH is 1. The van der Waals surface area contributed by atoms with Crippen molar-refractivity contribution in [2.75, 3.05) is 0 Å². The Morgan fingerprint density at radius 2 is 1.81 bits per heavy atom. The van der Waals surface area contributed by atoms with E-state index in [4.69, 9.17) is 0 Å². The standard InChI is InChI=1S/C12H16O3S/c1-9-2-5-11(6-3-9)16(14,15)12-7-4-10(13)8-12/h2-3,5-6,10,12-13H,4,7-8H2,1H3/t10-,12-/m1/s1. The van der Waals surface area contributed by atoms with E-state index >= 15 is 0 Å². The van der Waals surface area contributed by atoms with E-state index in [2.05, 4.69) is 0 Å². The summed E-state index contributed by atoms with van der Waals surface area (Å²) in [7, 11) is -3.25. The highest BCUT2D eigenvalue weighted by molar-refractivity contribution is 7.92. The lowest BCUT2D eigenvalue weighted by atomic mass is 10.2. The van der Waals surface area contributed by atoms with Gasteiger partial charge in [0.05, 0.1) is 16.2 Å². The van der Waals surface area contributed by atoms with E-state index in [1.165, 1.54) is 0 Å². The monoisotopic (exact) mass is 240 g/mol. The summed E-state index contributed by atoms with van der Waals surface area (Å²) in [5, 5.41) is 8.98. The number of benzene rings is 1. The van der Waals surface area contributed by atoms with E-state index in [9.17, 15) is 13.5 Å². The van der Waals surface area contributed by atoms with Crippen molar-refractivity contribution in [3.63, 3.8) is 0 Å². The van der Waals surface area contributed by atoms with Crippen LogP contribution >= 0.6 is 0 Å². The highest BCUT2D eigenvalue weighted by Gasteiger charge is 2.34. The average molecular weight is 240 g/mol. The minimum Gasteiger partial charge on any atom is -0.393 e. The summed E-state index contributed by atoms with van der Waals surface area (Å²) in [5.41, 5.74) is 1.05. The Labute approximate surface area is 96.0 Å². The molecule has 4 heteroatoms. The van der Waals surface area contributed by atoms with Crippen LogP contribution in [-0.2, 0) is 9.84 Å². The third kappa shape index (κ3) is 2.13. The predicted molar refractivity (Wildman–Crippen MR) is 62.0 cm³/mol. The van der Waals surface area contributed by atoms with Crippen molar-refractivity contribution in [2.24, 2.45) is 0 Å². The Hall–Kier alpha value is -0.870. The van der Waals surface area contributed by atoms with Gasteiger partial charge in [0.25, 0.3) is 0 Å². The maximum atomic E-state index is 12.2. The van der Waals surface area contributed by atoms with Gasteiger partial charge in [-0.25, -0.2) is 8.42 Å². The van der Waals surface area contributed by atoms with Crippen molar-refractivity contribution >= 4 is 9.84 Å². The fourth-order valence-corrected chi connectivity index (χ4v) is 3.94. The molecule has 0 spiro atoms. The Kier molecular flexibility index (Phi) is 3.04. The molecule has 0 aliphatic heterocycles. The second kappa shape index (κ2) is 4.18. The molecule has 0 saturated heterocycles. The topological polar surface area (TPSA) is 54.4 Å². The molecule has 88 valence electrons. The second-order valence-corrected chi connectivity index (χ2v) is 6.68. The van der Waals surface area contributed by atoms with Gasteiger partial charge in [0.1, 0.15) is 0 Å². The van der Waals surface area contributed by atoms with E-state index in [1.54, 1.807) is 24.3 Å². The van der Waals surface area contributed by atoms with Gasteiger partial charge >= 0.3 is 0 Å². The van der Waals surface area contributed by atoms with Crippen LogP contribution in [0.15, 0.2) is 29.2 Å². The van der Waals surface area contributed by atoms with E-state index in [0.29, 0.717) is 24.2 Å². The number of hydrogen-bond acceptors (Lipinski definition) is 3. The highest BCUT2D eigenvalue weighted by atomic mass is 32.2. The summed E-state index contributed by atoms with van der Waals surface area (Å²) in [6.07, 6.45) is 1.08. The first-order valence-corrected chi connectivity index (χ1v) is 7.03. The van der Waals surface area contributed by atoms with Crippen LogP contribution in [0.3, 0.4) is 0 Å². The van der Waals surface area contributed by atoms with Crippen LogP contribution in [0.1, 0.15) is 24.8 Å². The number of aliphatic hydroxyl groups is 1. The molecule has 3 nitrogen and oxygen atoms in total. The number of sulfone groups is 1. The molecule has 16 heavy (non-hydrogen) atoms. The van der Waals surface area contributed by atoms with Crippen LogP contribution in [0, 0.1) is 6.92 Å². The van der Waals surface area contributed by atoms with Crippen molar-refractivity contribution < 1.29 is 13.5 Å². The molecule has 0 heterocycles. The van der Waals surface area contributed by atoms with Gasteiger partial charge in [0, 0.05) is 0 Å². The third-order valence-electron chi connectivity index (χ3n) is 3.15. The summed E-state index contributed by atoms with van der Waals surface area (Å²) in [6.45, 7) is 1.93. The molecule has 2 atom stereocenters. The first kappa shape index (κ1) is 11.6. The van der Waals surface area contributed by atoms with E-state index in [0.717, 1.165) is 5.56 Å². The maximum absolute atomic E-state index is 12.2. The number of aryl methyl sites for hydroxylation is 1. The van der Waals surface area contributed by atoms with E-state index in [1.807, 2.05) is 6.92 Å². The quantitative estimate of drug-likeness (QED) is 0.855. The van der Waals surface area contributed by atoms with Crippen molar-refractivity contribution in [1.82, 2.24) is 0 Å². The molecule has 0 radical (unpaired) electrons. The predicted octanol–water partition coefficient (Wildman–Crippen LogP) is 1.68. The molecule has 1 N–H and O–H groups in total. The van der Waals surface area contributed by atoms with Crippen LogP contribution in [0.5, 0.6) is 0 Å². The zero-order valence-electron chi connectivity index (χ0n) is 9.26. The molecular formula is C12H16O3S. The van der Waals surface area contributed by atoms with Gasteiger partial charge in [-0.05, 0) is 38.3 Å². The SMILES string of the molecule is Cc1ccc(S(=O)(=O)[C@@H]2CC[C@@H](O)C2)cc1. The summed E-state index contributed by atoms with van der Waals surface area (Å²) in [6, 6.07) is 6.90. The number of rotatable bonds is 2. The molecule has 1 aromatic carbocycles. The summed E-state index contributed by atoms with van der Waals surface area (Å²) in [4.78, 5) is 0.372. The van der Waals surface area contributed by atoms with Gasteiger partial charge in [-0.2, -0.15) is 0 Å². The summed E-state index contributed by atoms with van der Waals surface area (Å²) < 4.78 is 24.4. The molecule has 0 bridgehead atoms. The molecule has 1 fully saturated rings. The van der Waals surface area contributed by atoms with Gasteiger partial charge in [-0.15, -0.1) is 0 Å². The van der Waals surface area contributed by atoms with E-state index in [-0.39, 0.29) is 0 Å². The summed E-state index contributed by atoms with van der Waals surface area (Å²) in [5.74, 6) is 0. The fraction of sp³-hybridized carbons (Fsp3) is 0.500. The lowest BCUT2D eigenvalue weighted by molar-refractivity contribution is 0.183. The van der Waals surface area contributed by atoms with Gasteiger partial charge in [-0.3, -0.25) is 0 Å². The molecule has 0 unspecified atom stereocenters. The van der Waals surface area contributed by atoms with Crippen LogP contribution in [0.25, 0.3) is 0 Å². The van der Waals surface area contributed by atoms with Crippen molar-refractivity contribution in [1.29, 1.82) is 0 Å². The smallest absolute Gasteiger partial charge is 0.181 e. The summed E-state index contributed by atoms with van der Waals surface area (Å²) >= 11 is 0. The molecule has 1 aliphatic rings. The van der Waals surface area contributed by atoms with Gasteiger partial charge in [-0.1, -0.05) is 17.7 Å². The molecule has 1 aromatic rings. The zero-order chi connectivity index (χ0) is 11.8. The van der Waals surface area contributed by atoms with Crippen LogP contribution in [0.2, 0.25) is 0 Å². The average Bonchev–Trinajstić information content (AvgIpc) is 2.66. The van der Waals surface area contributed by atoms with Crippen molar-refractivity contribution in [3.05, 3.63) is 29.8 Å². The van der Waals surface area contributed by atoms with Crippen molar-refractivity contribution in [3.8, 4) is 0 Å². The molecule has 1 aliphatic carbocycles. The third-order valence-corrected chi connectivity index (χ3v) is 5.38. The first-order chi connectivity index (χ1) is 7.50. The lowest BCUT2D eigenvalue weighted by Gasteiger charge is -2.11. The molecule has 2 rings (SSSR count). The maximum Gasteiger partial charge on any atom is 0.181 e. The Morgan fingerprint density at radius 1 is 1.19 bits per heavy atom. The molecule has 0 amide bonds. The largest absolute Gasteiger partial charge is 0.393 e. The van der Waals surface area contributed by atoms with Crippen molar-refractivity contribution in [2.45, 2.75) is 42.4 Å². The van der Waals surface area contributed by atoms with Gasteiger partial charge in [0.2, 0.25) is 0 Å². The lowest BCUT2D eigenvalue weighted by Crippen LogP contribution is -2.19. The zero-order valence-corrected chi connectivity index (χ0v) is 10.1. The van der Waals surface area contributed by atoms with Gasteiger partial charge < -0.3 is 5.11 Å². The minimum atomic E-state index is -3.25. The normalized spacial score (nSPS) is 25.9. The second-order valence-electron chi connectivity index (χ2n) is 4.45. The van der Waals surface area contributed by atoms with E-state index < -0.39 is 21.2 Å². The van der Waals surface area contributed by atoms with Crippen LogP contribution in [0.4, 0.5) is 0 Å².